The summed E-state index contributed by atoms with van der Waals surface area (Å²) in [6.07, 6.45) is 3.23. The van der Waals surface area contributed by atoms with Crippen LogP contribution in [-0.4, -0.2) is 23.3 Å². The Hall–Kier alpha value is -3.67. The minimum absolute atomic E-state index is 0.110. The summed E-state index contributed by atoms with van der Waals surface area (Å²) in [7, 11) is 0. The van der Waals surface area contributed by atoms with E-state index in [-0.39, 0.29) is 11.8 Å². The average Bonchev–Trinajstić information content (AvgIpc) is 2.68. The first-order valence-electron chi connectivity index (χ1n) is 9.44. The van der Waals surface area contributed by atoms with Crippen LogP contribution in [0.1, 0.15) is 29.8 Å². The van der Waals surface area contributed by atoms with Gasteiger partial charge in [-0.1, -0.05) is 18.2 Å². The number of aromatic nitrogens is 1. The molecule has 1 heterocycles. The van der Waals surface area contributed by atoms with Crippen LogP contribution in [0.25, 0.3) is 0 Å². The number of aryl methyl sites for hydroxylation is 1. The number of carbonyl (C=O) groups is 2. The molecule has 0 atom stereocenters. The van der Waals surface area contributed by atoms with Crippen LogP contribution in [0.4, 0.5) is 22.7 Å². The molecule has 2 N–H and O–H groups in total. The first kappa shape index (κ1) is 20.1. The third-order valence-electron chi connectivity index (χ3n) is 4.33. The molecule has 6 nitrogen and oxygen atoms in total. The maximum absolute atomic E-state index is 13.1. The summed E-state index contributed by atoms with van der Waals surface area (Å²) in [6, 6.07) is 17.0. The van der Waals surface area contributed by atoms with Crippen LogP contribution in [0.5, 0.6) is 0 Å². The smallest absolute Gasteiger partial charge is 0.259 e. The first-order valence-corrected chi connectivity index (χ1v) is 9.44. The van der Waals surface area contributed by atoms with E-state index < -0.39 is 0 Å². The molecule has 0 saturated carbocycles. The van der Waals surface area contributed by atoms with E-state index in [4.69, 9.17) is 0 Å². The first-order chi connectivity index (χ1) is 14.0. The van der Waals surface area contributed by atoms with Gasteiger partial charge in [0.05, 0.1) is 17.4 Å². The summed E-state index contributed by atoms with van der Waals surface area (Å²) in [5.74, 6) is -0.242. The summed E-state index contributed by atoms with van der Waals surface area (Å²) in [6.45, 7) is 5.97. The van der Waals surface area contributed by atoms with Gasteiger partial charge in [-0.2, -0.15) is 0 Å². The Morgan fingerprint density at radius 3 is 2.45 bits per heavy atom. The summed E-state index contributed by atoms with van der Waals surface area (Å²) >= 11 is 0. The van der Waals surface area contributed by atoms with Crippen molar-refractivity contribution >= 4 is 34.6 Å². The molecule has 2 aromatic carbocycles. The van der Waals surface area contributed by atoms with Crippen molar-refractivity contribution in [2.24, 2.45) is 0 Å². The summed E-state index contributed by atoms with van der Waals surface area (Å²) in [5.41, 5.74) is 4.63. The lowest BCUT2D eigenvalue weighted by atomic mass is 10.1. The Labute approximate surface area is 170 Å². The predicted molar refractivity (Wildman–Crippen MR) is 117 cm³/mol. The molecule has 6 heteroatoms. The number of anilines is 4. The van der Waals surface area contributed by atoms with Crippen molar-refractivity contribution in [1.82, 2.24) is 4.98 Å². The number of rotatable bonds is 6. The highest BCUT2D eigenvalue weighted by Gasteiger charge is 2.17. The Bertz CT molecular complexity index is 1030. The Morgan fingerprint density at radius 1 is 0.966 bits per heavy atom. The van der Waals surface area contributed by atoms with Gasteiger partial charge in [-0.15, -0.1) is 0 Å². The van der Waals surface area contributed by atoms with Crippen LogP contribution >= 0.6 is 0 Å². The normalized spacial score (nSPS) is 10.3. The highest BCUT2D eigenvalue weighted by atomic mass is 16.2. The molecule has 3 aromatic rings. The number of nitrogens with one attached hydrogen (secondary N) is 2. The summed E-state index contributed by atoms with van der Waals surface area (Å²) < 4.78 is 0. The highest BCUT2D eigenvalue weighted by Crippen LogP contribution is 2.22. The van der Waals surface area contributed by atoms with Crippen molar-refractivity contribution in [2.45, 2.75) is 20.8 Å². The quantitative estimate of drug-likeness (QED) is 0.638. The number of amides is 2. The fourth-order valence-electron chi connectivity index (χ4n) is 3.07. The van der Waals surface area contributed by atoms with E-state index in [1.54, 1.807) is 23.4 Å². The molecular formula is C23H24N4O2. The van der Waals surface area contributed by atoms with Gasteiger partial charge in [0.25, 0.3) is 5.91 Å². The number of benzene rings is 2. The van der Waals surface area contributed by atoms with Gasteiger partial charge < -0.3 is 15.5 Å². The van der Waals surface area contributed by atoms with Crippen LogP contribution in [0.15, 0.2) is 67.0 Å². The highest BCUT2D eigenvalue weighted by molar-refractivity contribution is 6.06. The van der Waals surface area contributed by atoms with Crippen molar-refractivity contribution in [3.8, 4) is 0 Å². The van der Waals surface area contributed by atoms with Gasteiger partial charge >= 0.3 is 0 Å². The largest absolute Gasteiger partial charge is 0.354 e. The molecule has 1 aromatic heterocycles. The number of nitrogens with zero attached hydrogens (tertiary/aromatic N) is 2. The minimum atomic E-state index is -0.132. The second-order valence-electron chi connectivity index (χ2n) is 6.74. The Balaban J connectivity index is 1.81. The second kappa shape index (κ2) is 9.01. The molecule has 0 fully saturated rings. The van der Waals surface area contributed by atoms with Gasteiger partial charge in [-0.3, -0.25) is 14.6 Å². The lowest BCUT2D eigenvalue weighted by Crippen LogP contribution is -2.30. The number of hydrogen-bond acceptors (Lipinski definition) is 4. The van der Waals surface area contributed by atoms with Crippen molar-refractivity contribution in [3.05, 3.63) is 78.1 Å². The lowest BCUT2D eigenvalue weighted by molar-refractivity contribution is -0.114. The molecule has 0 spiro atoms. The Kier molecular flexibility index (Phi) is 6.24. The van der Waals surface area contributed by atoms with E-state index in [9.17, 15) is 9.59 Å². The van der Waals surface area contributed by atoms with Crippen molar-refractivity contribution in [2.75, 3.05) is 22.1 Å². The fraction of sp³-hybridized carbons (Fsp3) is 0.174. The topological polar surface area (TPSA) is 74.3 Å². The molecule has 148 valence electrons. The van der Waals surface area contributed by atoms with Gasteiger partial charge in [0.15, 0.2) is 0 Å². The molecule has 0 bridgehead atoms. The molecule has 0 unspecified atom stereocenters. The van der Waals surface area contributed by atoms with Gasteiger partial charge in [-0.05, 0) is 55.8 Å². The zero-order valence-corrected chi connectivity index (χ0v) is 16.8. The average molecular weight is 388 g/mol. The molecule has 29 heavy (non-hydrogen) atoms. The minimum Gasteiger partial charge on any atom is -0.354 e. The third kappa shape index (κ3) is 5.19. The maximum atomic E-state index is 13.1. The van der Waals surface area contributed by atoms with Gasteiger partial charge in [0, 0.05) is 36.7 Å². The van der Waals surface area contributed by atoms with Crippen molar-refractivity contribution in [1.29, 1.82) is 0 Å². The SMILES string of the molecule is CCN(C(=O)c1cncc(Nc2cccc(NC(C)=O)c2)c1)c1cccc(C)c1. The van der Waals surface area contributed by atoms with E-state index in [2.05, 4.69) is 15.6 Å². The van der Waals surface area contributed by atoms with Gasteiger partial charge in [0.1, 0.15) is 0 Å². The summed E-state index contributed by atoms with van der Waals surface area (Å²) in [5, 5.41) is 5.98. The van der Waals surface area contributed by atoms with E-state index in [0.29, 0.717) is 23.5 Å². The number of hydrogen-bond donors (Lipinski definition) is 2. The van der Waals surface area contributed by atoms with Crippen LogP contribution in [0.3, 0.4) is 0 Å². The molecule has 0 aliphatic heterocycles. The van der Waals surface area contributed by atoms with Crippen molar-refractivity contribution < 1.29 is 9.59 Å². The standard InChI is InChI=1S/C23H24N4O2/c1-4-27(22-10-5-7-16(2)11-22)23(29)18-12-21(15-24-14-18)26-20-9-6-8-19(13-20)25-17(3)28/h5-15,26H,4H2,1-3H3,(H,25,28). The number of carbonyl (C=O) groups excluding carboxylic acids is 2. The molecule has 0 saturated heterocycles. The monoisotopic (exact) mass is 388 g/mol. The molecule has 0 aliphatic rings. The zero-order valence-electron chi connectivity index (χ0n) is 16.8. The lowest BCUT2D eigenvalue weighted by Gasteiger charge is -2.21. The van der Waals surface area contributed by atoms with Crippen LogP contribution in [-0.2, 0) is 4.79 Å². The molecule has 2 amide bonds. The van der Waals surface area contributed by atoms with E-state index in [1.165, 1.54) is 6.92 Å². The third-order valence-corrected chi connectivity index (χ3v) is 4.33. The van der Waals surface area contributed by atoms with Gasteiger partial charge in [-0.25, -0.2) is 0 Å². The fourth-order valence-corrected chi connectivity index (χ4v) is 3.07. The maximum Gasteiger partial charge on any atom is 0.259 e. The summed E-state index contributed by atoms with van der Waals surface area (Å²) in [4.78, 5) is 30.3. The zero-order chi connectivity index (χ0) is 20.8. The molecule has 0 radical (unpaired) electrons. The second-order valence-corrected chi connectivity index (χ2v) is 6.74. The van der Waals surface area contributed by atoms with E-state index in [0.717, 1.165) is 16.9 Å². The molecule has 0 aliphatic carbocycles. The van der Waals surface area contributed by atoms with Gasteiger partial charge in [0.2, 0.25) is 5.91 Å². The predicted octanol–water partition coefficient (Wildman–Crippen LogP) is 4.76. The Morgan fingerprint density at radius 2 is 1.72 bits per heavy atom. The van der Waals surface area contributed by atoms with E-state index >= 15 is 0 Å². The molecule has 3 rings (SSSR count). The number of pyridine rings is 1. The van der Waals surface area contributed by atoms with Crippen molar-refractivity contribution in [3.63, 3.8) is 0 Å². The molecular weight excluding hydrogens is 364 g/mol. The van der Waals surface area contributed by atoms with Crippen LogP contribution in [0, 0.1) is 6.92 Å². The van der Waals surface area contributed by atoms with Crippen LogP contribution in [0.2, 0.25) is 0 Å². The van der Waals surface area contributed by atoms with Crippen LogP contribution < -0.4 is 15.5 Å². The van der Waals surface area contributed by atoms with E-state index in [1.807, 2.05) is 62.4 Å².